The molecule has 112 valence electrons. The van der Waals surface area contributed by atoms with Gasteiger partial charge in [-0.05, 0) is 25.5 Å². The molecule has 0 atom stereocenters. The van der Waals surface area contributed by atoms with E-state index in [0.717, 1.165) is 52.2 Å². The summed E-state index contributed by atoms with van der Waals surface area (Å²) in [6.07, 6.45) is 3.62. The van der Waals surface area contributed by atoms with Crippen LogP contribution in [0.25, 0.3) is 0 Å². The number of carbonyl (C=O) groups is 1. The number of hydrogen-bond donors (Lipinski definition) is 1. The maximum absolute atomic E-state index is 12.0. The van der Waals surface area contributed by atoms with Gasteiger partial charge < -0.3 is 10.1 Å². The number of aryl methyl sites for hydroxylation is 1. The van der Waals surface area contributed by atoms with Gasteiger partial charge in [-0.25, -0.2) is 0 Å². The Bertz CT molecular complexity index is 413. The molecule has 0 unspecified atom stereocenters. The number of carbonyl (C=O) groups excluding carboxylic acids is 1. The number of amides is 1. The van der Waals surface area contributed by atoms with Gasteiger partial charge in [0.25, 0.3) is 5.91 Å². The number of hydrogen-bond acceptors (Lipinski definition) is 4. The highest BCUT2D eigenvalue weighted by molar-refractivity contribution is 5.92. The second kappa shape index (κ2) is 8.01. The summed E-state index contributed by atoms with van der Waals surface area (Å²) in [6, 6.07) is 1.77. The molecule has 1 aromatic heterocycles. The predicted octanol–water partition coefficient (Wildman–Crippen LogP) is 0.745. The van der Waals surface area contributed by atoms with E-state index in [1.54, 1.807) is 16.9 Å². The van der Waals surface area contributed by atoms with Crippen molar-refractivity contribution in [2.24, 2.45) is 0 Å². The van der Waals surface area contributed by atoms with Crippen LogP contribution in [0.1, 0.15) is 30.3 Å². The van der Waals surface area contributed by atoms with E-state index in [9.17, 15) is 4.79 Å². The van der Waals surface area contributed by atoms with Gasteiger partial charge in [0, 0.05) is 32.4 Å². The van der Waals surface area contributed by atoms with Crippen LogP contribution in [0, 0.1) is 0 Å². The Balaban J connectivity index is 1.68. The maximum Gasteiger partial charge on any atom is 0.269 e. The summed E-state index contributed by atoms with van der Waals surface area (Å²) in [4.78, 5) is 14.4. The molecule has 1 amide bonds. The fourth-order valence-corrected chi connectivity index (χ4v) is 2.34. The molecule has 1 saturated heterocycles. The van der Waals surface area contributed by atoms with Gasteiger partial charge in [-0.3, -0.25) is 14.4 Å². The van der Waals surface area contributed by atoms with Crippen molar-refractivity contribution in [1.82, 2.24) is 20.0 Å². The Morgan fingerprint density at radius 3 is 2.95 bits per heavy atom. The van der Waals surface area contributed by atoms with Crippen molar-refractivity contribution in [3.05, 3.63) is 18.0 Å². The van der Waals surface area contributed by atoms with Gasteiger partial charge in [-0.1, -0.05) is 6.92 Å². The van der Waals surface area contributed by atoms with Gasteiger partial charge in [0.1, 0.15) is 5.69 Å². The van der Waals surface area contributed by atoms with Crippen LogP contribution in [-0.4, -0.2) is 60.0 Å². The Morgan fingerprint density at radius 2 is 2.20 bits per heavy atom. The largest absolute Gasteiger partial charge is 0.379 e. The molecular weight excluding hydrogens is 256 g/mol. The summed E-state index contributed by atoms with van der Waals surface area (Å²) in [5, 5.41) is 7.13. The van der Waals surface area contributed by atoms with Crippen LogP contribution >= 0.6 is 0 Å². The van der Waals surface area contributed by atoms with Crippen molar-refractivity contribution in [3.63, 3.8) is 0 Å². The smallest absolute Gasteiger partial charge is 0.269 e. The van der Waals surface area contributed by atoms with E-state index in [4.69, 9.17) is 4.74 Å². The Hall–Kier alpha value is -1.40. The average Bonchev–Trinajstić information content (AvgIpc) is 2.93. The molecule has 2 heterocycles. The normalized spacial score (nSPS) is 16.2. The monoisotopic (exact) mass is 280 g/mol. The first-order chi connectivity index (χ1) is 9.81. The highest BCUT2D eigenvalue weighted by Gasteiger charge is 2.12. The number of nitrogens with one attached hydrogen (secondary N) is 1. The Morgan fingerprint density at radius 1 is 1.40 bits per heavy atom. The van der Waals surface area contributed by atoms with Crippen molar-refractivity contribution in [3.8, 4) is 0 Å². The predicted molar refractivity (Wildman–Crippen MR) is 76.7 cm³/mol. The first kappa shape index (κ1) is 15.0. The second-order valence-corrected chi connectivity index (χ2v) is 5.00. The molecule has 0 spiro atoms. The topological polar surface area (TPSA) is 59.4 Å². The average molecular weight is 280 g/mol. The lowest BCUT2D eigenvalue weighted by atomic mass is 10.3. The van der Waals surface area contributed by atoms with E-state index >= 15 is 0 Å². The molecule has 20 heavy (non-hydrogen) atoms. The molecule has 6 nitrogen and oxygen atoms in total. The zero-order valence-corrected chi connectivity index (χ0v) is 12.2. The minimum atomic E-state index is -0.0297. The van der Waals surface area contributed by atoms with Crippen LogP contribution in [0.4, 0.5) is 0 Å². The second-order valence-electron chi connectivity index (χ2n) is 5.00. The molecule has 2 rings (SSSR count). The van der Waals surface area contributed by atoms with Gasteiger partial charge in [-0.15, -0.1) is 0 Å². The van der Waals surface area contributed by atoms with E-state index in [0.29, 0.717) is 12.2 Å². The van der Waals surface area contributed by atoms with Crippen LogP contribution < -0.4 is 5.32 Å². The highest BCUT2D eigenvalue weighted by Crippen LogP contribution is 2.01. The van der Waals surface area contributed by atoms with Crippen molar-refractivity contribution in [1.29, 1.82) is 0 Å². The van der Waals surface area contributed by atoms with Gasteiger partial charge in [0.2, 0.25) is 0 Å². The summed E-state index contributed by atoms with van der Waals surface area (Å²) >= 11 is 0. The molecule has 0 radical (unpaired) electrons. The van der Waals surface area contributed by atoms with E-state index in [1.807, 2.05) is 0 Å². The third kappa shape index (κ3) is 4.31. The molecule has 1 N–H and O–H groups in total. The molecule has 1 aliphatic heterocycles. The van der Waals surface area contributed by atoms with Gasteiger partial charge in [0.05, 0.1) is 13.2 Å². The van der Waals surface area contributed by atoms with E-state index in [1.165, 1.54) is 0 Å². The van der Waals surface area contributed by atoms with Crippen molar-refractivity contribution >= 4 is 5.91 Å². The van der Waals surface area contributed by atoms with E-state index in [2.05, 4.69) is 22.2 Å². The van der Waals surface area contributed by atoms with Crippen LogP contribution in [0.2, 0.25) is 0 Å². The highest BCUT2D eigenvalue weighted by atomic mass is 16.5. The van der Waals surface area contributed by atoms with Crippen LogP contribution in [0.3, 0.4) is 0 Å². The van der Waals surface area contributed by atoms with E-state index in [-0.39, 0.29) is 5.91 Å². The van der Waals surface area contributed by atoms with Crippen molar-refractivity contribution in [2.75, 3.05) is 39.4 Å². The third-order valence-corrected chi connectivity index (χ3v) is 3.42. The first-order valence-electron chi connectivity index (χ1n) is 7.41. The molecule has 0 saturated carbocycles. The number of nitrogens with zero attached hydrogens (tertiary/aromatic N) is 3. The summed E-state index contributed by atoms with van der Waals surface area (Å²) < 4.78 is 7.07. The maximum atomic E-state index is 12.0. The Labute approximate surface area is 120 Å². The molecule has 6 heteroatoms. The lowest BCUT2D eigenvalue weighted by Gasteiger charge is -2.26. The quantitative estimate of drug-likeness (QED) is 0.749. The summed E-state index contributed by atoms with van der Waals surface area (Å²) in [7, 11) is 0. The molecular formula is C14H24N4O2. The SMILES string of the molecule is CCCn1nccc1C(=O)NCCCN1CCOCC1. The molecule has 1 aliphatic rings. The summed E-state index contributed by atoms with van der Waals surface area (Å²) in [5.41, 5.74) is 0.651. The first-order valence-corrected chi connectivity index (χ1v) is 7.41. The fourth-order valence-electron chi connectivity index (χ4n) is 2.34. The number of ether oxygens (including phenoxy) is 1. The lowest BCUT2D eigenvalue weighted by molar-refractivity contribution is 0.0374. The minimum Gasteiger partial charge on any atom is -0.379 e. The van der Waals surface area contributed by atoms with E-state index < -0.39 is 0 Å². The van der Waals surface area contributed by atoms with Gasteiger partial charge >= 0.3 is 0 Å². The van der Waals surface area contributed by atoms with Crippen molar-refractivity contribution < 1.29 is 9.53 Å². The van der Waals surface area contributed by atoms with Gasteiger partial charge in [-0.2, -0.15) is 5.10 Å². The summed E-state index contributed by atoms with van der Waals surface area (Å²) in [6.45, 7) is 8.21. The third-order valence-electron chi connectivity index (χ3n) is 3.42. The van der Waals surface area contributed by atoms with Crippen LogP contribution in [0.15, 0.2) is 12.3 Å². The number of rotatable bonds is 7. The molecule has 0 bridgehead atoms. The number of morpholine rings is 1. The van der Waals surface area contributed by atoms with Crippen molar-refractivity contribution in [2.45, 2.75) is 26.3 Å². The number of aromatic nitrogens is 2. The lowest BCUT2D eigenvalue weighted by Crippen LogP contribution is -2.38. The van der Waals surface area contributed by atoms with Gasteiger partial charge in [0.15, 0.2) is 0 Å². The molecule has 1 fully saturated rings. The fraction of sp³-hybridized carbons (Fsp3) is 0.714. The summed E-state index contributed by atoms with van der Waals surface area (Å²) in [5.74, 6) is -0.0297. The molecule has 0 aliphatic carbocycles. The zero-order valence-electron chi connectivity index (χ0n) is 12.2. The standard InChI is InChI=1S/C14H24N4O2/c1-2-7-18-13(4-6-16-18)14(19)15-5-3-8-17-9-11-20-12-10-17/h4,6H,2-3,5,7-12H2,1H3,(H,15,19). The Kier molecular flexibility index (Phi) is 6.01. The minimum absolute atomic E-state index is 0.0297. The molecule has 1 aromatic rings. The zero-order chi connectivity index (χ0) is 14.2. The van der Waals surface area contributed by atoms with Crippen LogP contribution in [0.5, 0.6) is 0 Å². The molecule has 0 aromatic carbocycles. The van der Waals surface area contributed by atoms with Crippen LogP contribution in [-0.2, 0) is 11.3 Å².